The highest BCUT2D eigenvalue weighted by molar-refractivity contribution is 7.13. The number of pyridine rings is 1. The van der Waals surface area contributed by atoms with Gasteiger partial charge in [0.05, 0.1) is 15.3 Å². The molecular formula is C23H22ClFN4O4S. The predicted octanol–water partition coefficient (Wildman–Crippen LogP) is 2.96. The van der Waals surface area contributed by atoms with E-state index in [2.05, 4.69) is 9.36 Å². The summed E-state index contributed by atoms with van der Waals surface area (Å²) in [6.45, 7) is 0.554. The molecule has 0 aliphatic carbocycles. The molecule has 0 atom stereocenters. The number of amides is 2. The summed E-state index contributed by atoms with van der Waals surface area (Å²) in [5.74, 6) is -2.32. The van der Waals surface area contributed by atoms with Crippen molar-refractivity contribution in [1.29, 1.82) is 0 Å². The Balaban J connectivity index is 1.52. The molecule has 3 aromatic rings. The van der Waals surface area contributed by atoms with Gasteiger partial charge in [-0.3, -0.25) is 14.4 Å². The molecule has 4 rings (SSSR count). The summed E-state index contributed by atoms with van der Waals surface area (Å²) in [5, 5.41) is 11.1. The fraction of sp³-hybridized carbons (Fsp3) is 0.348. The van der Waals surface area contributed by atoms with E-state index in [1.807, 2.05) is 0 Å². The van der Waals surface area contributed by atoms with Gasteiger partial charge in [0.25, 0.3) is 17.6 Å². The number of hydrogen-bond donors (Lipinski definition) is 1. The molecule has 34 heavy (non-hydrogen) atoms. The van der Waals surface area contributed by atoms with Crippen LogP contribution in [0.3, 0.4) is 0 Å². The minimum absolute atomic E-state index is 0.0373. The maximum Gasteiger partial charge on any atom is 0.296 e. The second kappa shape index (κ2) is 9.36. The van der Waals surface area contributed by atoms with Crippen LogP contribution in [0.15, 0.2) is 30.3 Å². The molecule has 0 saturated carbocycles. The van der Waals surface area contributed by atoms with Gasteiger partial charge in [-0.05, 0) is 48.1 Å². The molecule has 8 nitrogen and oxygen atoms in total. The SMILES string of the molecule is CN(C)C(=O)C(=O)c1nsc2cc(Cl)c(C(=O)N3CCC(O)(Cc4ccc(F)cc4)CC3)nc12. The number of rotatable bonds is 5. The second-order valence-corrected chi connectivity index (χ2v) is 9.76. The molecule has 2 aromatic heterocycles. The first-order chi connectivity index (χ1) is 16.1. The van der Waals surface area contributed by atoms with Crippen LogP contribution in [-0.2, 0) is 11.2 Å². The highest BCUT2D eigenvalue weighted by Crippen LogP contribution is 2.31. The van der Waals surface area contributed by atoms with Crippen molar-refractivity contribution in [3.8, 4) is 0 Å². The summed E-state index contributed by atoms with van der Waals surface area (Å²) in [5.41, 5.74) is -0.198. The number of halogens is 2. The summed E-state index contributed by atoms with van der Waals surface area (Å²) < 4.78 is 17.7. The Bertz CT molecular complexity index is 1270. The van der Waals surface area contributed by atoms with Gasteiger partial charge in [-0.1, -0.05) is 23.7 Å². The van der Waals surface area contributed by atoms with E-state index in [1.165, 1.54) is 32.3 Å². The van der Waals surface area contributed by atoms with Crippen molar-refractivity contribution in [1.82, 2.24) is 19.2 Å². The number of likely N-dealkylation sites (tertiary alicyclic amines) is 1. The van der Waals surface area contributed by atoms with Crippen molar-refractivity contribution in [2.24, 2.45) is 0 Å². The number of carbonyl (C=O) groups is 3. The number of piperidine rings is 1. The van der Waals surface area contributed by atoms with Crippen molar-refractivity contribution in [2.45, 2.75) is 24.9 Å². The van der Waals surface area contributed by atoms with Gasteiger partial charge in [0.2, 0.25) is 0 Å². The van der Waals surface area contributed by atoms with Crippen LogP contribution in [0, 0.1) is 5.82 Å². The quantitative estimate of drug-likeness (QED) is 0.423. The lowest BCUT2D eigenvalue weighted by molar-refractivity contribution is -0.124. The van der Waals surface area contributed by atoms with Crippen LogP contribution in [-0.4, -0.2) is 74.6 Å². The smallest absolute Gasteiger partial charge is 0.296 e. The number of aromatic nitrogens is 2. The zero-order chi connectivity index (χ0) is 24.6. The lowest BCUT2D eigenvalue weighted by Crippen LogP contribution is -2.48. The molecule has 0 unspecified atom stereocenters. The Kier molecular flexibility index (Phi) is 6.66. The van der Waals surface area contributed by atoms with Crippen LogP contribution >= 0.6 is 23.1 Å². The van der Waals surface area contributed by atoms with Crippen molar-refractivity contribution >= 4 is 50.9 Å². The Morgan fingerprint density at radius 3 is 2.44 bits per heavy atom. The van der Waals surface area contributed by atoms with E-state index in [-0.39, 0.29) is 40.8 Å². The average molecular weight is 505 g/mol. The van der Waals surface area contributed by atoms with E-state index < -0.39 is 23.2 Å². The fourth-order valence-electron chi connectivity index (χ4n) is 3.89. The minimum atomic E-state index is -1.01. The third kappa shape index (κ3) is 4.79. The van der Waals surface area contributed by atoms with Gasteiger partial charge in [0, 0.05) is 33.6 Å². The van der Waals surface area contributed by atoms with Gasteiger partial charge in [0.15, 0.2) is 5.69 Å². The van der Waals surface area contributed by atoms with E-state index in [0.717, 1.165) is 22.0 Å². The first-order valence-corrected chi connectivity index (χ1v) is 11.7. The summed E-state index contributed by atoms with van der Waals surface area (Å²) in [6, 6.07) is 7.49. The molecule has 0 radical (unpaired) electrons. The second-order valence-electron chi connectivity index (χ2n) is 8.55. The third-order valence-electron chi connectivity index (χ3n) is 5.85. The Labute approximate surface area is 204 Å². The summed E-state index contributed by atoms with van der Waals surface area (Å²) in [4.78, 5) is 44.8. The predicted molar refractivity (Wildman–Crippen MR) is 126 cm³/mol. The minimum Gasteiger partial charge on any atom is -0.389 e. The fourth-order valence-corrected chi connectivity index (χ4v) is 4.94. The Hall–Kier alpha value is -2.95. The van der Waals surface area contributed by atoms with Gasteiger partial charge in [-0.2, -0.15) is 4.37 Å². The van der Waals surface area contributed by atoms with Crippen molar-refractivity contribution < 1.29 is 23.9 Å². The van der Waals surface area contributed by atoms with Crippen LogP contribution in [0.4, 0.5) is 4.39 Å². The summed E-state index contributed by atoms with van der Waals surface area (Å²) in [7, 11) is 2.92. The number of fused-ring (bicyclic) bond motifs is 1. The molecule has 1 fully saturated rings. The first-order valence-electron chi connectivity index (χ1n) is 10.6. The van der Waals surface area contributed by atoms with Crippen LogP contribution in [0.25, 0.3) is 10.2 Å². The van der Waals surface area contributed by atoms with Gasteiger partial charge < -0.3 is 14.9 Å². The molecule has 1 aromatic carbocycles. The Morgan fingerprint density at radius 1 is 1.18 bits per heavy atom. The molecule has 1 saturated heterocycles. The number of benzene rings is 1. The van der Waals surface area contributed by atoms with E-state index in [0.29, 0.717) is 24.0 Å². The Morgan fingerprint density at radius 2 is 1.82 bits per heavy atom. The maximum atomic E-state index is 13.2. The molecule has 2 amide bonds. The summed E-state index contributed by atoms with van der Waals surface area (Å²) >= 11 is 7.30. The number of Topliss-reactive ketones (excluding diaryl/α,β-unsaturated/α-hetero) is 1. The molecular weight excluding hydrogens is 483 g/mol. The van der Waals surface area contributed by atoms with Crippen LogP contribution in [0.1, 0.15) is 39.4 Å². The standard InChI is InChI=1S/C23H22ClFN4O4S/c1-28(2)22(32)20(30)19-18-16(34-27-19)11-15(24)17(26-18)21(31)29-9-7-23(33,8-10-29)12-13-3-5-14(25)6-4-13/h3-6,11,33H,7-10,12H2,1-2H3. The lowest BCUT2D eigenvalue weighted by atomic mass is 9.85. The molecule has 0 bridgehead atoms. The van der Waals surface area contributed by atoms with Crippen LogP contribution in [0.2, 0.25) is 5.02 Å². The monoisotopic (exact) mass is 504 g/mol. The largest absolute Gasteiger partial charge is 0.389 e. The highest BCUT2D eigenvalue weighted by Gasteiger charge is 2.35. The van der Waals surface area contributed by atoms with E-state index in [9.17, 15) is 23.9 Å². The topological polar surface area (TPSA) is 104 Å². The van der Waals surface area contributed by atoms with Crippen LogP contribution in [0.5, 0.6) is 0 Å². The molecule has 1 aliphatic rings. The van der Waals surface area contributed by atoms with E-state index in [4.69, 9.17) is 11.6 Å². The van der Waals surface area contributed by atoms with Crippen molar-refractivity contribution in [3.63, 3.8) is 0 Å². The molecule has 11 heteroatoms. The lowest BCUT2D eigenvalue weighted by Gasteiger charge is -2.38. The van der Waals surface area contributed by atoms with Gasteiger partial charge in [-0.25, -0.2) is 9.37 Å². The molecule has 3 heterocycles. The molecule has 1 aliphatic heterocycles. The third-order valence-corrected chi connectivity index (χ3v) is 6.92. The highest BCUT2D eigenvalue weighted by atomic mass is 35.5. The van der Waals surface area contributed by atoms with Crippen LogP contribution < -0.4 is 0 Å². The van der Waals surface area contributed by atoms with E-state index in [1.54, 1.807) is 17.0 Å². The number of carbonyl (C=O) groups excluding carboxylic acids is 3. The number of hydrogen-bond acceptors (Lipinski definition) is 7. The normalized spacial score (nSPS) is 15.4. The molecule has 1 N–H and O–H groups in total. The maximum absolute atomic E-state index is 13.2. The van der Waals surface area contributed by atoms with E-state index >= 15 is 0 Å². The number of nitrogens with zero attached hydrogens (tertiary/aromatic N) is 4. The van der Waals surface area contributed by atoms with Gasteiger partial charge in [-0.15, -0.1) is 0 Å². The first kappa shape index (κ1) is 24.2. The number of aliphatic hydroxyl groups is 1. The van der Waals surface area contributed by atoms with Gasteiger partial charge >= 0.3 is 0 Å². The molecule has 0 spiro atoms. The van der Waals surface area contributed by atoms with Crippen molar-refractivity contribution in [2.75, 3.05) is 27.2 Å². The van der Waals surface area contributed by atoms with Gasteiger partial charge in [0.1, 0.15) is 17.0 Å². The summed E-state index contributed by atoms with van der Waals surface area (Å²) in [6.07, 6.45) is 1.01. The zero-order valence-corrected chi connectivity index (χ0v) is 20.1. The zero-order valence-electron chi connectivity index (χ0n) is 18.5. The number of ketones is 1. The average Bonchev–Trinajstić information content (AvgIpc) is 3.21. The number of likely N-dealkylation sites (N-methyl/N-ethyl adjacent to an activating group) is 1. The molecule has 178 valence electrons. The van der Waals surface area contributed by atoms with Crippen molar-refractivity contribution in [3.05, 3.63) is 58.1 Å².